The van der Waals surface area contributed by atoms with Gasteiger partial charge >= 0.3 is 6.01 Å². The maximum absolute atomic E-state index is 17.2. The summed E-state index contributed by atoms with van der Waals surface area (Å²) < 4.78 is 53.3. The lowest BCUT2D eigenvalue weighted by atomic mass is 9.75. The van der Waals surface area contributed by atoms with Crippen molar-refractivity contribution < 1.29 is 22.7 Å². The number of hydrogen-bond donors (Lipinski definition) is 1. The Morgan fingerprint density at radius 3 is 2.66 bits per heavy atom. The fraction of sp³-hybridized carbons (Fsp3) is 0.500. The van der Waals surface area contributed by atoms with Crippen LogP contribution in [0.15, 0.2) is 18.2 Å². The molecule has 2 N–H and O–H groups in total. The summed E-state index contributed by atoms with van der Waals surface area (Å²) in [4.78, 5) is 28.7. The van der Waals surface area contributed by atoms with E-state index in [-0.39, 0.29) is 66.3 Å². The van der Waals surface area contributed by atoms with Crippen LogP contribution >= 0.6 is 22.9 Å². The Bertz CT molecular complexity index is 2300. The Labute approximate surface area is 312 Å². The van der Waals surface area contributed by atoms with E-state index in [0.29, 0.717) is 63.2 Å². The molecule has 5 aliphatic rings. The van der Waals surface area contributed by atoms with E-state index in [1.165, 1.54) is 12.1 Å². The second-order valence-electron chi connectivity index (χ2n) is 15.6. The van der Waals surface area contributed by atoms with Crippen molar-refractivity contribution in [2.75, 3.05) is 56.5 Å². The number of nitrogen functional groups attached to an aromatic ring is 1. The number of benzene rings is 2. The molecule has 1 saturated carbocycles. The first kappa shape index (κ1) is 34.4. The Morgan fingerprint density at radius 2 is 1.91 bits per heavy atom. The number of ether oxygens (including phenoxy) is 1. The molecule has 1 amide bonds. The van der Waals surface area contributed by atoms with Crippen LogP contribution in [0, 0.1) is 45.1 Å². The minimum absolute atomic E-state index is 0.0201. The number of thiophene rings is 1. The van der Waals surface area contributed by atoms with E-state index >= 15 is 4.39 Å². The number of amides is 1. The van der Waals surface area contributed by atoms with Crippen molar-refractivity contribution in [1.29, 1.82) is 10.5 Å². The van der Waals surface area contributed by atoms with Gasteiger partial charge < -0.3 is 20.3 Å². The molecule has 1 aliphatic carbocycles. The molecule has 4 aromatic rings. The molecule has 6 heterocycles. The number of anilines is 2. The maximum atomic E-state index is 17.2. The van der Waals surface area contributed by atoms with Gasteiger partial charge in [-0.3, -0.25) is 9.69 Å². The summed E-state index contributed by atoms with van der Waals surface area (Å²) in [6.07, 6.45) is 4.88. The van der Waals surface area contributed by atoms with E-state index in [1.54, 1.807) is 11.0 Å². The summed E-state index contributed by atoms with van der Waals surface area (Å²) in [7, 11) is 0. The number of nitrogens with two attached hydrogens (primary N) is 1. The quantitative estimate of drug-likeness (QED) is 0.221. The number of nitriles is 2. The summed E-state index contributed by atoms with van der Waals surface area (Å²) in [6, 6.07) is 8.39. The molecule has 15 heteroatoms. The monoisotopic (exact) mass is 760 g/mol. The van der Waals surface area contributed by atoms with E-state index in [0.717, 1.165) is 50.0 Å². The maximum Gasteiger partial charge on any atom is 0.319 e. The summed E-state index contributed by atoms with van der Waals surface area (Å²) in [5.41, 5.74) is 4.60. The molecule has 0 bridgehead atoms. The second-order valence-corrected chi connectivity index (χ2v) is 17.1. The van der Waals surface area contributed by atoms with E-state index < -0.39 is 28.8 Å². The zero-order chi connectivity index (χ0) is 36.9. The molecule has 2 aromatic heterocycles. The Balaban J connectivity index is 1.14. The predicted octanol–water partition coefficient (Wildman–Crippen LogP) is 6.97. The lowest BCUT2D eigenvalue weighted by Gasteiger charge is -2.52. The van der Waals surface area contributed by atoms with Crippen LogP contribution in [-0.4, -0.2) is 83.3 Å². The third kappa shape index (κ3) is 5.39. The largest absolute Gasteiger partial charge is 0.461 e. The molecule has 1 spiro atoms. The number of likely N-dealkylation sites (tertiary alicyclic amines) is 1. The topological polar surface area (TPSA) is 135 Å². The van der Waals surface area contributed by atoms with Crippen LogP contribution in [0.1, 0.15) is 56.9 Å². The molecule has 2 atom stereocenters. The Kier molecular flexibility index (Phi) is 8.01. The summed E-state index contributed by atoms with van der Waals surface area (Å²) in [5.74, 6) is -1.05. The molecular weight excluding hydrogens is 725 g/mol. The van der Waals surface area contributed by atoms with E-state index in [2.05, 4.69) is 20.9 Å². The van der Waals surface area contributed by atoms with E-state index in [1.807, 2.05) is 6.07 Å². The van der Waals surface area contributed by atoms with Gasteiger partial charge in [-0.15, -0.1) is 11.3 Å². The van der Waals surface area contributed by atoms with Crippen LogP contribution in [0.5, 0.6) is 6.01 Å². The van der Waals surface area contributed by atoms with Gasteiger partial charge in [0.2, 0.25) is 5.91 Å². The van der Waals surface area contributed by atoms with Gasteiger partial charge in [-0.1, -0.05) is 24.1 Å². The molecular formula is C38H36ClF3N8O2S. The standard InChI is InChI=1S/C38H36ClF3N8O2S/c39-25-12-23-30(29(42)28(25)22-4-5-26(41)31-27(22)24(14-43)32(45)53-31)46-35(52-20-38-7-3-11-50(38)15-21(40)13-38)47-33(23)48-10-2-1-6-36(17-48)18-49(19-36)34(51)37(16-44)8-9-37/h4-5,12,21H,1-3,6-11,13,15,17-20,45H2/t21-,38+/m1/s1. The predicted molar refractivity (Wildman–Crippen MR) is 195 cm³/mol. The number of nitrogens with zero attached hydrogens (tertiary/aromatic N) is 7. The molecule has 0 unspecified atom stereocenters. The minimum atomic E-state index is -0.962. The summed E-state index contributed by atoms with van der Waals surface area (Å²) in [6.45, 7) is 3.43. The van der Waals surface area contributed by atoms with Crippen molar-refractivity contribution in [3.8, 4) is 29.3 Å². The molecule has 0 radical (unpaired) electrons. The van der Waals surface area contributed by atoms with E-state index in [4.69, 9.17) is 27.1 Å². The van der Waals surface area contributed by atoms with Crippen LogP contribution < -0.4 is 15.4 Å². The highest BCUT2D eigenvalue weighted by molar-refractivity contribution is 7.23. The van der Waals surface area contributed by atoms with Crippen molar-refractivity contribution in [3.05, 3.63) is 40.4 Å². The van der Waals surface area contributed by atoms with E-state index in [9.17, 15) is 24.1 Å². The average molecular weight is 761 g/mol. The number of alkyl halides is 1. The van der Waals surface area contributed by atoms with Crippen LogP contribution in [0.4, 0.5) is 24.0 Å². The van der Waals surface area contributed by atoms with Gasteiger partial charge in [0.05, 0.1) is 26.9 Å². The first-order chi connectivity index (χ1) is 25.5. The number of aromatic nitrogens is 2. The minimum Gasteiger partial charge on any atom is -0.461 e. The highest BCUT2D eigenvalue weighted by Crippen LogP contribution is 2.51. The van der Waals surface area contributed by atoms with Crippen LogP contribution in [0.25, 0.3) is 32.1 Å². The molecule has 10 nitrogen and oxygen atoms in total. The molecule has 274 valence electrons. The normalized spacial score (nSPS) is 24.5. The summed E-state index contributed by atoms with van der Waals surface area (Å²) >= 11 is 7.85. The highest BCUT2D eigenvalue weighted by atomic mass is 35.5. The van der Waals surface area contributed by atoms with Crippen molar-refractivity contribution >= 4 is 60.7 Å². The second kappa shape index (κ2) is 12.3. The third-order valence-corrected chi connectivity index (χ3v) is 13.5. The number of fused-ring (bicyclic) bond motifs is 3. The zero-order valence-corrected chi connectivity index (χ0v) is 30.4. The van der Waals surface area contributed by atoms with Gasteiger partial charge in [0.25, 0.3) is 0 Å². The van der Waals surface area contributed by atoms with Crippen molar-refractivity contribution in [2.45, 2.75) is 63.1 Å². The SMILES string of the molecule is N#Cc1c(N)sc2c(F)ccc(-c3c(Cl)cc4c(N5CCCCC6(CN(C(=O)C7(C#N)CC7)C6)C5)nc(OC[C@@]56CCCN5C[C@H](F)C6)nc4c3F)c12. The van der Waals surface area contributed by atoms with Gasteiger partial charge in [0.1, 0.15) is 46.4 Å². The average Bonchev–Trinajstić information content (AvgIpc) is 3.68. The molecule has 4 aliphatic heterocycles. The van der Waals surface area contributed by atoms with Gasteiger partial charge in [-0.25, -0.2) is 13.2 Å². The molecule has 9 rings (SSSR count). The molecule has 2 aromatic carbocycles. The lowest BCUT2D eigenvalue weighted by Crippen LogP contribution is -2.63. The highest BCUT2D eigenvalue weighted by Gasteiger charge is 2.57. The van der Waals surface area contributed by atoms with Gasteiger partial charge in [0, 0.05) is 60.9 Å². The first-order valence-electron chi connectivity index (χ1n) is 18.1. The zero-order valence-electron chi connectivity index (χ0n) is 28.9. The fourth-order valence-electron chi connectivity index (χ4n) is 9.38. The summed E-state index contributed by atoms with van der Waals surface area (Å²) in [5, 5.41) is 20.2. The number of carbonyl (C=O) groups is 1. The van der Waals surface area contributed by atoms with Crippen molar-refractivity contribution in [2.24, 2.45) is 10.8 Å². The number of carbonyl (C=O) groups excluding carboxylic acids is 1. The smallest absolute Gasteiger partial charge is 0.319 e. The van der Waals surface area contributed by atoms with Crippen molar-refractivity contribution in [3.63, 3.8) is 0 Å². The number of halogens is 4. The fourth-order valence-corrected chi connectivity index (χ4v) is 10.6. The van der Waals surface area contributed by atoms with Gasteiger partial charge in [0.15, 0.2) is 5.82 Å². The number of hydrogen-bond acceptors (Lipinski definition) is 10. The van der Waals surface area contributed by atoms with Crippen molar-refractivity contribution in [1.82, 2.24) is 19.8 Å². The van der Waals surface area contributed by atoms with Crippen LogP contribution in [0.3, 0.4) is 0 Å². The Morgan fingerprint density at radius 1 is 1.09 bits per heavy atom. The first-order valence-corrected chi connectivity index (χ1v) is 19.3. The molecule has 4 saturated heterocycles. The Hall–Kier alpha value is -4.37. The van der Waals surface area contributed by atoms with Crippen LogP contribution in [0.2, 0.25) is 5.02 Å². The third-order valence-electron chi connectivity index (χ3n) is 12.2. The van der Waals surface area contributed by atoms with Gasteiger partial charge in [-0.05, 0) is 62.8 Å². The van der Waals surface area contributed by atoms with Gasteiger partial charge in [-0.2, -0.15) is 20.5 Å². The molecule has 5 fully saturated rings. The van der Waals surface area contributed by atoms with Crippen LogP contribution in [-0.2, 0) is 4.79 Å². The molecule has 53 heavy (non-hydrogen) atoms. The number of rotatable bonds is 6. The lowest BCUT2D eigenvalue weighted by molar-refractivity contribution is -0.147.